The van der Waals surface area contributed by atoms with Gasteiger partial charge in [0.15, 0.2) is 0 Å². The van der Waals surface area contributed by atoms with E-state index in [0.717, 1.165) is 11.5 Å². The van der Waals surface area contributed by atoms with E-state index >= 15 is 0 Å². The van der Waals surface area contributed by atoms with Crippen LogP contribution in [0.4, 0.5) is 0 Å². The molecule has 1 N–H and O–H groups in total. The number of hydroxylamine groups is 2. The SMILES string of the molecule is CON(C)C(=O)CC1OC(C)CCC1O. The minimum atomic E-state index is -0.546. The van der Waals surface area contributed by atoms with Gasteiger partial charge in [0.05, 0.1) is 31.8 Å². The molecule has 1 aliphatic rings. The van der Waals surface area contributed by atoms with Gasteiger partial charge in [-0.1, -0.05) is 0 Å². The van der Waals surface area contributed by atoms with Crippen molar-refractivity contribution < 1.29 is 19.5 Å². The summed E-state index contributed by atoms with van der Waals surface area (Å²) in [6.07, 6.45) is 0.853. The molecule has 0 aliphatic carbocycles. The van der Waals surface area contributed by atoms with Gasteiger partial charge in [-0.3, -0.25) is 9.63 Å². The summed E-state index contributed by atoms with van der Waals surface area (Å²) in [6.45, 7) is 1.95. The summed E-state index contributed by atoms with van der Waals surface area (Å²) in [5, 5.41) is 10.8. The molecular formula is C10H19NO4. The topological polar surface area (TPSA) is 59.0 Å². The van der Waals surface area contributed by atoms with Crippen molar-refractivity contribution in [3.63, 3.8) is 0 Å². The quantitative estimate of drug-likeness (QED) is 0.692. The van der Waals surface area contributed by atoms with Crippen molar-refractivity contribution in [2.45, 2.75) is 44.5 Å². The number of ether oxygens (including phenoxy) is 1. The van der Waals surface area contributed by atoms with Crippen LogP contribution in [0, 0.1) is 0 Å². The molecule has 1 rings (SSSR count). The molecule has 88 valence electrons. The summed E-state index contributed by atoms with van der Waals surface area (Å²) < 4.78 is 5.51. The van der Waals surface area contributed by atoms with Crippen LogP contribution in [0.25, 0.3) is 0 Å². The van der Waals surface area contributed by atoms with E-state index in [1.54, 1.807) is 7.05 Å². The van der Waals surface area contributed by atoms with E-state index < -0.39 is 12.2 Å². The first-order chi connectivity index (χ1) is 7.04. The summed E-state index contributed by atoms with van der Waals surface area (Å²) >= 11 is 0. The van der Waals surface area contributed by atoms with Crippen LogP contribution in [-0.2, 0) is 14.4 Å². The predicted molar refractivity (Wildman–Crippen MR) is 54.0 cm³/mol. The lowest BCUT2D eigenvalue weighted by Gasteiger charge is -2.32. The Kier molecular flexibility index (Phi) is 4.50. The molecule has 3 unspecified atom stereocenters. The van der Waals surface area contributed by atoms with Crippen molar-refractivity contribution in [1.82, 2.24) is 5.06 Å². The van der Waals surface area contributed by atoms with E-state index in [1.807, 2.05) is 6.92 Å². The molecule has 0 spiro atoms. The fourth-order valence-electron chi connectivity index (χ4n) is 1.64. The van der Waals surface area contributed by atoms with Gasteiger partial charge in [0.1, 0.15) is 0 Å². The van der Waals surface area contributed by atoms with Crippen LogP contribution in [0.3, 0.4) is 0 Å². The highest BCUT2D eigenvalue weighted by atomic mass is 16.7. The van der Waals surface area contributed by atoms with E-state index in [1.165, 1.54) is 7.11 Å². The number of amides is 1. The van der Waals surface area contributed by atoms with Gasteiger partial charge >= 0.3 is 0 Å². The van der Waals surface area contributed by atoms with Crippen LogP contribution in [0.2, 0.25) is 0 Å². The lowest BCUT2D eigenvalue weighted by molar-refractivity contribution is -0.178. The Bertz CT molecular complexity index is 221. The van der Waals surface area contributed by atoms with Crippen molar-refractivity contribution >= 4 is 5.91 Å². The third-order valence-corrected chi connectivity index (χ3v) is 2.71. The number of carbonyl (C=O) groups excluding carboxylic acids is 1. The lowest BCUT2D eigenvalue weighted by Crippen LogP contribution is -2.41. The monoisotopic (exact) mass is 217 g/mol. The number of hydrogen-bond donors (Lipinski definition) is 1. The summed E-state index contributed by atoms with van der Waals surface area (Å²) in [6, 6.07) is 0. The van der Waals surface area contributed by atoms with Crippen molar-refractivity contribution in [3.8, 4) is 0 Å². The lowest BCUT2D eigenvalue weighted by atomic mass is 9.99. The van der Waals surface area contributed by atoms with Gasteiger partial charge in [-0.2, -0.15) is 0 Å². The number of hydrogen-bond acceptors (Lipinski definition) is 4. The van der Waals surface area contributed by atoms with Gasteiger partial charge in [0.2, 0.25) is 5.91 Å². The molecule has 1 amide bonds. The maximum Gasteiger partial charge on any atom is 0.248 e. The van der Waals surface area contributed by atoms with Gasteiger partial charge in [-0.15, -0.1) is 0 Å². The Morgan fingerprint density at radius 2 is 2.27 bits per heavy atom. The molecule has 3 atom stereocenters. The molecule has 0 aromatic carbocycles. The van der Waals surface area contributed by atoms with E-state index in [0.29, 0.717) is 6.42 Å². The standard InChI is InChI=1S/C10H19NO4/c1-7-4-5-8(12)9(15-7)6-10(13)11(2)14-3/h7-9,12H,4-6H2,1-3H3. The number of carbonyl (C=O) groups is 1. The number of aliphatic hydroxyl groups excluding tert-OH is 1. The summed E-state index contributed by atoms with van der Waals surface area (Å²) in [7, 11) is 2.97. The van der Waals surface area contributed by atoms with Crippen molar-refractivity contribution in [2.75, 3.05) is 14.2 Å². The predicted octanol–water partition coefficient (Wildman–Crippen LogP) is 0.325. The van der Waals surface area contributed by atoms with Crippen molar-refractivity contribution in [3.05, 3.63) is 0 Å². The van der Waals surface area contributed by atoms with Gasteiger partial charge in [-0.25, -0.2) is 5.06 Å². The van der Waals surface area contributed by atoms with E-state index in [4.69, 9.17) is 9.57 Å². The fourth-order valence-corrected chi connectivity index (χ4v) is 1.64. The normalized spacial score (nSPS) is 31.3. The molecule has 0 radical (unpaired) electrons. The molecule has 5 nitrogen and oxygen atoms in total. The first-order valence-corrected chi connectivity index (χ1v) is 5.18. The zero-order chi connectivity index (χ0) is 11.4. The second-order valence-electron chi connectivity index (χ2n) is 3.91. The molecule has 0 bridgehead atoms. The molecule has 1 heterocycles. The van der Waals surface area contributed by atoms with Crippen LogP contribution >= 0.6 is 0 Å². The fraction of sp³-hybridized carbons (Fsp3) is 0.900. The zero-order valence-corrected chi connectivity index (χ0v) is 9.47. The third-order valence-electron chi connectivity index (χ3n) is 2.71. The van der Waals surface area contributed by atoms with Gasteiger partial charge in [0, 0.05) is 7.05 Å². The average molecular weight is 217 g/mol. The zero-order valence-electron chi connectivity index (χ0n) is 9.47. The number of nitrogens with zero attached hydrogens (tertiary/aromatic N) is 1. The summed E-state index contributed by atoms with van der Waals surface area (Å²) in [5.41, 5.74) is 0. The molecule has 1 aliphatic heterocycles. The minimum Gasteiger partial charge on any atom is -0.390 e. The van der Waals surface area contributed by atoms with E-state index in [-0.39, 0.29) is 18.4 Å². The Morgan fingerprint density at radius 3 is 2.87 bits per heavy atom. The summed E-state index contributed by atoms with van der Waals surface area (Å²) in [4.78, 5) is 16.3. The molecule has 0 aromatic heterocycles. The Hall–Kier alpha value is -0.650. The highest BCUT2D eigenvalue weighted by molar-refractivity contribution is 5.75. The molecule has 15 heavy (non-hydrogen) atoms. The highest BCUT2D eigenvalue weighted by Crippen LogP contribution is 2.21. The van der Waals surface area contributed by atoms with Crippen LogP contribution in [0.5, 0.6) is 0 Å². The van der Waals surface area contributed by atoms with Crippen LogP contribution in [-0.4, -0.2) is 48.5 Å². The summed E-state index contributed by atoms with van der Waals surface area (Å²) in [5.74, 6) is -0.185. The first-order valence-electron chi connectivity index (χ1n) is 5.18. The third kappa shape index (κ3) is 3.44. The molecular weight excluding hydrogens is 198 g/mol. The first kappa shape index (κ1) is 12.4. The highest BCUT2D eigenvalue weighted by Gasteiger charge is 2.30. The van der Waals surface area contributed by atoms with Crippen LogP contribution in [0.1, 0.15) is 26.2 Å². The van der Waals surface area contributed by atoms with Crippen molar-refractivity contribution in [2.24, 2.45) is 0 Å². The van der Waals surface area contributed by atoms with Gasteiger partial charge in [0.25, 0.3) is 0 Å². The number of aliphatic hydroxyl groups is 1. The van der Waals surface area contributed by atoms with Gasteiger partial charge in [-0.05, 0) is 19.8 Å². The van der Waals surface area contributed by atoms with E-state index in [9.17, 15) is 9.90 Å². The maximum absolute atomic E-state index is 11.5. The number of rotatable bonds is 3. The minimum absolute atomic E-state index is 0.110. The molecule has 1 fully saturated rings. The van der Waals surface area contributed by atoms with Crippen molar-refractivity contribution in [1.29, 1.82) is 0 Å². The van der Waals surface area contributed by atoms with Crippen LogP contribution < -0.4 is 0 Å². The molecule has 0 saturated carbocycles. The Balaban J connectivity index is 2.45. The molecule has 0 aromatic rings. The largest absolute Gasteiger partial charge is 0.390 e. The Labute approximate surface area is 89.9 Å². The average Bonchev–Trinajstić information content (AvgIpc) is 2.22. The van der Waals surface area contributed by atoms with Crippen LogP contribution in [0.15, 0.2) is 0 Å². The second kappa shape index (κ2) is 5.44. The second-order valence-corrected chi connectivity index (χ2v) is 3.91. The van der Waals surface area contributed by atoms with Gasteiger partial charge < -0.3 is 9.84 Å². The Morgan fingerprint density at radius 1 is 1.60 bits per heavy atom. The smallest absolute Gasteiger partial charge is 0.248 e. The van der Waals surface area contributed by atoms with E-state index in [2.05, 4.69) is 0 Å². The molecule has 5 heteroatoms. The molecule has 1 saturated heterocycles. The maximum atomic E-state index is 11.5.